The lowest BCUT2D eigenvalue weighted by atomic mass is 10.0. The molecule has 1 aromatic heterocycles. The van der Waals surface area contributed by atoms with Crippen LogP contribution in [-0.2, 0) is 9.59 Å². The number of hydrogen-bond donors (Lipinski definition) is 2. The average Bonchev–Trinajstić information content (AvgIpc) is 2.90. The molecule has 1 aliphatic heterocycles. The second kappa shape index (κ2) is 5.47. The molecule has 2 heterocycles. The van der Waals surface area contributed by atoms with Crippen molar-refractivity contribution in [3.8, 4) is 0 Å². The number of hydrogen-bond acceptors (Lipinski definition) is 5. The van der Waals surface area contributed by atoms with Gasteiger partial charge in [-0.3, -0.25) is 9.59 Å². The zero-order valence-corrected chi connectivity index (χ0v) is 10.6. The molecular formula is C12H14N4O3. The highest BCUT2D eigenvalue weighted by Gasteiger charge is 2.28. The third-order valence-corrected chi connectivity index (χ3v) is 2.69. The first kappa shape index (κ1) is 13.0. The minimum atomic E-state index is -0.513. The summed E-state index contributed by atoms with van der Waals surface area (Å²) < 4.78 is 5.25. The molecule has 2 N–H and O–H groups in total. The monoisotopic (exact) mass is 262 g/mol. The summed E-state index contributed by atoms with van der Waals surface area (Å²) >= 11 is 0. The van der Waals surface area contributed by atoms with Gasteiger partial charge in [-0.05, 0) is 26.0 Å². The second-order valence-electron chi connectivity index (χ2n) is 4.23. The summed E-state index contributed by atoms with van der Waals surface area (Å²) in [6.07, 6.45) is 1.43. The SMILES string of the molecule is CC1=NNC(=O)C1CC(=O)NN=Cc1ccc(C)o1. The van der Waals surface area contributed by atoms with Crippen molar-refractivity contribution in [1.82, 2.24) is 10.9 Å². The molecule has 19 heavy (non-hydrogen) atoms. The van der Waals surface area contributed by atoms with Gasteiger partial charge in [0.2, 0.25) is 11.8 Å². The van der Waals surface area contributed by atoms with Gasteiger partial charge in [0.25, 0.3) is 0 Å². The summed E-state index contributed by atoms with van der Waals surface area (Å²) in [6.45, 7) is 3.52. The lowest BCUT2D eigenvalue weighted by Gasteiger charge is -2.05. The van der Waals surface area contributed by atoms with E-state index in [1.165, 1.54) is 6.21 Å². The van der Waals surface area contributed by atoms with E-state index in [1.54, 1.807) is 19.1 Å². The van der Waals surface area contributed by atoms with Gasteiger partial charge in [0.1, 0.15) is 11.5 Å². The maximum absolute atomic E-state index is 11.6. The Labute approximate surface area is 109 Å². The van der Waals surface area contributed by atoms with Crippen molar-refractivity contribution in [3.63, 3.8) is 0 Å². The maximum atomic E-state index is 11.6. The molecule has 7 heteroatoms. The third-order valence-electron chi connectivity index (χ3n) is 2.69. The van der Waals surface area contributed by atoms with E-state index in [0.29, 0.717) is 11.5 Å². The van der Waals surface area contributed by atoms with Gasteiger partial charge < -0.3 is 4.42 Å². The van der Waals surface area contributed by atoms with Crippen LogP contribution >= 0.6 is 0 Å². The lowest BCUT2D eigenvalue weighted by molar-refractivity contribution is -0.127. The van der Waals surface area contributed by atoms with Gasteiger partial charge in [0, 0.05) is 12.1 Å². The summed E-state index contributed by atoms with van der Waals surface area (Å²) in [5.41, 5.74) is 5.27. The molecule has 1 aliphatic rings. The van der Waals surface area contributed by atoms with Crippen molar-refractivity contribution in [2.45, 2.75) is 20.3 Å². The predicted molar refractivity (Wildman–Crippen MR) is 68.5 cm³/mol. The molecule has 0 radical (unpaired) electrons. The molecule has 0 saturated carbocycles. The third kappa shape index (κ3) is 3.27. The molecule has 2 amide bonds. The van der Waals surface area contributed by atoms with E-state index in [-0.39, 0.29) is 18.2 Å². The fourth-order valence-electron chi connectivity index (χ4n) is 1.65. The first-order valence-electron chi connectivity index (χ1n) is 5.78. The fraction of sp³-hybridized carbons (Fsp3) is 0.333. The molecule has 100 valence electrons. The van der Waals surface area contributed by atoms with E-state index < -0.39 is 5.92 Å². The summed E-state index contributed by atoms with van der Waals surface area (Å²) in [7, 11) is 0. The minimum Gasteiger partial charge on any atom is -0.460 e. The van der Waals surface area contributed by atoms with Gasteiger partial charge in [0.05, 0.1) is 12.1 Å². The Kier molecular flexibility index (Phi) is 3.74. The number of carbonyl (C=O) groups is 2. The Morgan fingerprint density at radius 2 is 2.37 bits per heavy atom. The molecule has 1 unspecified atom stereocenters. The Morgan fingerprint density at radius 1 is 1.58 bits per heavy atom. The van der Waals surface area contributed by atoms with E-state index in [1.807, 2.05) is 6.92 Å². The van der Waals surface area contributed by atoms with Crippen LogP contribution in [0.5, 0.6) is 0 Å². The molecule has 0 saturated heterocycles. The van der Waals surface area contributed by atoms with Crippen molar-refractivity contribution < 1.29 is 14.0 Å². The molecule has 1 aromatic rings. The van der Waals surface area contributed by atoms with Crippen molar-refractivity contribution >= 4 is 23.7 Å². The predicted octanol–water partition coefficient (Wildman–Crippen LogP) is 0.550. The molecule has 0 fully saturated rings. The first-order valence-corrected chi connectivity index (χ1v) is 5.78. The number of hydrazone groups is 2. The molecule has 0 spiro atoms. The van der Waals surface area contributed by atoms with Gasteiger partial charge >= 0.3 is 0 Å². The number of aryl methyl sites for hydroxylation is 1. The van der Waals surface area contributed by atoms with Gasteiger partial charge in [-0.25, -0.2) is 10.9 Å². The largest absolute Gasteiger partial charge is 0.460 e. The standard InChI is InChI=1S/C12H14N4O3/c1-7-3-4-9(19-7)6-13-15-11(17)5-10-8(2)14-16-12(10)18/h3-4,6,10H,5H2,1-2H3,(H,15,17)(H,16,18). The summed E-state index contributed by atoms with van der Waals surface area (Å²) in [5.74, 6) is 0.187. The second-order valence-corrected chi connectivity index (χ2v) is 4.23. The summed E-state index contributed by atoms with van der Waals surface area (Å²) in [5, 5.41) is 7.52. The van der Waals surface area contributed by atoms with Crippen LogP contribution in [0.15, 0.2) is 26.8 Å². The van der Waals surface area contributed by atoms with E-state index in [9.17, 15) is 9.59 Å². The van der Waals surface area contributed by atoms with Crippen LogP contribution in [0.4, 0.5) is 0 Å². The number of rotatable bonds is 4. The van der Waals surface area contributed by atoms with E-state index in [0.717, 1.165) is 5.76 Å². The summed E-state index contributed by atoms with van der Waals surface area (Å²) in [6, 6.07) is 3.54. The van der Waals surface area contributed by atoms with Crippen molar-refractivity contribution in [1.29, 1.82) is 0 Å². The lowest BCUT2D eigenvalue weighted by Crippen LogP contribution is -2.29. The zero-order valence-electron chi connectivity index (χ0n) is 10.6. The molecule has 2 rings (SSSR count). The van der Waals surface area contributed by atoms with Crippen LogP contribution < -0.4 is 10.9 Å². The Hall–Kier alpha value is -2.44. The van der Waals surface area contributed by atoms with Crippen LogP contribution in [0.2, 0.25) is 0 Å². The van der Waals surface area contributed by atoms with Crippen LogP contribution in [0.3, 0.4) is 0 Å². The van der Waals surface area contributed by atoms with Crippen LogP contribution in [0, 0.1) is 12.8 Å². The number of furan rings is 1. The number of amides is 2. The highest BCUT2D eigenvalue weighted by Crippen LogP contribution is 2.11. The molecule has 7 nitrogen and oxygen atoms in total. The molecule has 1 atom stereocenters. The van der Waals surface area contributed by atoms with Crippen LogP contribution in [0.1, 0.15) is 24.9 Å². The molecular weight excluding hydrogens is 248 g/mol. The van der Waals surface area contributed by atoms with Crippen LogP contribution in [0.25, 0.3) is 0 Å². The minimum absolute atomic E-state index is 0.0235. The van der Waals surface area contributed by atoms with Gasteiger partial charge in [-0.2, -0.15) is 10.2 Å². The molecule has 0 bridgehead atoms. The maximum Gasteiger partial charge on any atom is 0.249 e. The van der Waals surface area contributed by atoms with Crippen molar-refractivity contribution in [2.24, 2.45) is 16.1 Å². The van der Waals surface area contributed by atoms with Gasteiger partial charge in [0.15, 0.2) is 0 Å². The highest BCUT2D eigenvalue weighted by molar-refractivity contribution is 6.09. The Balaban J connectivity index is 1.83. The number of carbonyl (C=O) groups excluding carboxylic acids is 2. The van der Waals surface area contributed by atoms with E-state index in [2.05, 4.69) is 21.1 Å². The first-order chi connectivity index (χ1) is 9.06. The average molecular weight is 262 g/mol. The fourth-order valence-corrected chi connectivity index (χ4v) is 1.65. The number of nitrogens with one attached hydrogen (secondary N) is 2. The smallest absolute Gasteiger partial charge is 0.249 e. The Morgan fingerprint density at radius 3 is 2.95 bits per heavy atom. The Bertz CT molecular complexity index is 559. The zero-order chi connectivity index (χ0) is 13.8. The van der Waals surface area contributed by atoms with E-state index in [4.69, 9.17) is 4.42 Å². The number of nitrogens with zero attached hydrogens (tertiary/aromatic N) is 2. The van der Waals surface area contributed by atoms with Crippen molar-refractivity contribution in [2.75, 3.05) is 0 Å². The van der Waals surface area contributed by atoms with Crippen LogP contribution in [-0.4, -0.2) is 23.7 Å². The van der Waals surface area contributed by atoms with E-state index >= 15 is 0 Å². The van der Waals surface area contributed by atoms with Gasteiger partial charge in [-0.1, -0.05) is 0 Å². The molecule has 0 aromatic carbocycles. The normalized spacial score (nSPS) is 18.5. The van der Waals surface area contributed by atoms with Gasteiger partial charge in [-0.15, -0.1) is 0 Å². The summed E-state index contributed by atoms with van der Waals surface area (Å²) in [4.78, 5) is 23.0. The van der Waals surface area contributed by atoms with Crippen molar-refractivity contribution in [3.05, 3.63) is 23.7 Å². The quantitative estimate of drug-likeness (QED) is 0.612. The highest BCUT2D eigenvalue weighted by atomic mass is 16.3. The molecule has 0 aliphatic carbocycles. The topological polar surface area (TPSA) is 96.1 Å².